The van der Waals surface area contributed by atoms with Crippen molar-refractivity contribution in [2.45, 2.75) is 11.8 Å². The van der Waals surface area contributed by atoms with E-state index in [1.54, 1.807) is 42.7 Å². The third-order valence-electron chi connectivity index (χ3n) is 8.46. The van der Waals surface area contributed by atoms with Gasteiger partial charge >= 0.3 is 0 Å². The number of para-hydroxylation sites is 1. The van der Waals surface area contributed by atoms with Crippen LogP contribution in [0.1, 0.15) is 5.56 Å². The number of hydrogen-bond donors (Lipinski definition) is 3. The average Bonchev–Trinajstić information content (AvgIpc) is 3.43. The Labute approximate surface area is 277 Å². The monoisotopic (exact) mass is 676 g/mol. The van der Waals surface area contributed by atoms with Crippen LogP contribution in [-0.2, 0) is 14.8 Å². The van der Waals surface area contributed by atoms with Gasteiger partial charge in [-0.05, 0) is 67.2 Å². The van der Waals surface area contributed by atoms with E-state index in [0.29, 0.717) is 60.9 Å². The van der Waals surface area contributed by atoms with Gasteiger partial charge in [0.05, 0.1) is 39.9 Å². The number of benzene rings is 3. The molecule has 2 fully saturated rings. The van der Waals surface area contributed by atoms with Crippen molar-refractivity contribution >= 4 is 83.8 Å². The molecule has 4 heterocycles. The Balaban J connectivity index is 1.03. The Bertz CT molecular complexity index is 2020. The first-order valence-electron chi connectivity index (χ1n) is 15.0. The Morgan fingerprint density at radius 2 is 1.70 bits per heavy atom. The summed E-state index contributed by atoms with van der Waals surface area (Å²) in [5.74, 6) is 0.876. The molecule has 0 spiro atoms. The molecule has 0 amide bonds. The molecule has 2 saturated heterocycles. The number of aryl methyl sites for hydroxylation is 1. The summed E-state index contributed by atoms with van der Waals surface area (Å²) in [6, 6.07) is 18.0. The van der Waals surface area contributed by atoms with Gasteiger partial charge < -0.3 is 29.7 Å². The van der Waals surface area contributed by atoms with Crippen molar-refractivity contribution in [1.82, 2.24) is 19.9 Å². The van der Waals surface area contributed by atoms with Crippen LogP contribution in [0.3, 0.4) is 0 Å². The second kappa shape index (κ2) is 12.6. The van der Waals surface area contributed by atoms with E-state index in [1.807, 2.05) is 25.1 Å². The minimum absolute atomic E-state index is 0.175. The first-order chi connectivity index (χ1) is 22.3. The number of nitrogens with one attached hydrogen (secondary N) is 3. The third kappa shape index (κ3) is 6.03. The number of morpholine rings is 1. The number of anilines is 4. The molecule has 2 aromatic heterocycles. The Morgan fingerprint density at radius 1 is 0.957 bits per heavy atom. The summed E-state index contributed by atoms with van der Waals surface area (Å²) < 4.78 is 34.1. The maximum atomic E-state index is 12.9. The van der Waals surface area contributed by atoms with Crippen molar-refractivity contribution in [3.8, 4) is 0 Å². The standard InChI is InChI=1S/C32H33ClN8O3S2/c1-21-4-2-3-5-26(21)38-46(42,43)23-8-6-22(7-9-23)36-32(45)41-12-10-40(11-13-41)31-29-24-18-28(39-14-16-44-17-15-39)25(33)19-27(24)37-30(29)34-20-35-31/h2-9,18-20,38H,10-17H2,1H3,(H,36,45)(H,34,35,37). The molecule has 11 nitrogen and oxygen atoms in total. The number of aromatic amines is 1. The van der Waals surface area contributed by atoms with Crippen molar-refractivity contribution in [3.63, 3.8) is 0 Å². The molecule has 0 bridgehead atoms. The molecule has 238 valence electrons. The van der Waals surface area contributed by atoms with Crippen LogP contribution in [0.2, 0.25) is 5.02 Å². The molecule has 14 heteroatoms. The van der Waals surface area contributed by atoms with Crippen LogP contribution in [0.5, 0.6) is 0 Å². The van der Waals surface area contributed by atoms with Crippen LogP contribution in [0, 0.1) is 6.92 Å². The summed E-state index contributed by atoms with van der Waals surface area (Å²) in [6.07, 6.45) is 1.59. The predicted octanol–water partition coefficient (Wildman–Crippen LogP) is 5.23. The molecule has 2 aliphatic rings. The van der Waals surface area contributed by atoms with Crippen LogP contribution in [0.4, 0.5) is 22.9 Å². The molecular weight excluding hydrogens is 644 g/mol. The number of rotatable bonds is 6. The van der Waals surface area contributed by atoms with Crippen LogP contribution in [0.25, 0.3) is 21.9 Å². The first kappa shape index (κ1) is 30.5. The fraction of sp³-hybridized carbons (Fsp3) is 0.281. The summed E-state index contributed by atoms with van der Waals surface area (Å²) in [5.41, 5.74) is 4.81. The van der Waals surface area contributed by atoms with E-state index in [1.165, 1.54) is 0 Å². The fourth-order valence-electron chi connectivity index (χ4n) is 5.94. The second-order valence-electron chi connectivity index (χ2n) is 11.3. The lowest BCUT2D eigenvalue weighted by Crippen LogP contribution is -2.50. The number of thiocarbonyl (C=S) groups is 1. The Kier molecular flexibility index (Phi) is 8.32. The number of piperazine rings is 1. The zero-order valence-corrected chi connectivity index (χ0v) is 27.6. The maximum Gasteiger partial charge on any atom is 0.261 e. The zero-order valence-electron chi connectivity index (χ0n) is 25.2. The Hall–Kier alpha value is -4.17. The highest BCUT2D eigenvalue weighted by Gasteiger charge is 2.25. The number of H-pyrrole nitrogens is 1. The second-order valence-corrected chi connectivity index (χ2v) is 13.8. The van der Waals surface area contributed by atoms with Gasteiger partial charge in [0.2, 0.25) is 0 Å². The first-order valence-corrected chi connectivity index (χ1v) is 17.3. The number of ether oxygens (including phenoxy) is 1. The van der Waals surface area contributed by atoms with Gasteiger partial charge in [0.1, 0.15) is 17.8 Å². The highest BCUT2D eigenvalue weighted by atomic mass is 35.5. The van der Waals surface area contributed by atoms with Crippen molar-refractivity contribution in [3.05, 3.63) is 77.6 Å². The van der Waals surface area contributed by atoms with Crippen LogP contribution >= 0.6 is 23.8 Å². The number of halogens is 1. The minimum Gasteiger partial charge on any atom is -0.378 e. The minimum atomic E-state index is -3.72. The van der Waals surface area contributed by atoms with E-state index in [0.717, 1.165) is 52.1 Å². The van der Waals surface area contributed by atoms with Crippen LogP contribution in [-0.4, -0.2) is 85.9 Å². The molecule has 0 radical (unpaired) electrons. The van der Waals surface area contributed by atoms with Crippen molar-refractivity contribution in [1.29, 1.82) is 0 Å². The molecular formula is C32H33ClN8O3S2. The van der Waals surface area contributed by atoms with Gasteiger partial charge in [0.25, 0.3) is 10.0 Å². The molecule has 5 aromatic rings. The number of hydrogen-bond acceptors (Lipinski definition) is 8. The van der Waals surface area contributed by atoms with Gasteiger partial charge in [0, 0.05) is 55.9 Å². The third-order valence-corrected chi connectivity index (χ3v) is 10.5. The molecule has 0 saturated carbocycles. The molecule has 0 unspecified atom stereocenters. The summed E-state index contributed by atoms with van der Waals surface area (Å²) in [5, 5.41) is 6.55. The van der Waals surface area contributed by atoms with E-state index in [9.17, 15) is 8.42 Å². The van der Waals surface area contributed by atoms with E-state index < -0.39 is 10.0 Å². The Morgan fingerprint density at radius 3 is 2.43 bits per heavy atom. The lowest BCUT2D eigenvalue weighted by molar-refractivity contribution is 0.122. The van der Waals surface area contributed by atoms with Gasteiger partial charge in [-0.1, -0.05) is 29.8 Å². The lowest BCUT2D eigenvalue weighted by Gasteiger charge is -2.37. The van der Waals surface area contributed by atoms with Crippen molar-refractivity contribution in [2.24, 2.45) is 0 Å². The van der Waals surface area contributed by atoms with E-state index in [2.05, 4.69) is 40.8 Å². The average molecular weight is 677 g/mol. The summed E-state index contributed by atoms with van der Waals surface area (Å²) in [6.45, 7) is 7.62. The summed E-state index contributed by atoms with van der Waals surface area (Å²) >= 11 is 12.5. The number of sulfonamides is 1. The molecule has 3 N–H and O–H groups in total. The maximum absolute atomic E-state index is 12.9. The highest BCUT2D eigenvalue weighted by molar-refractivity contribution is 7.92. The van der Waals surface area contributed by atoms with Gasteiger partial charge in [-0.25, -0.2) is 18.4 Å². The van der Waals surface area contributed by atoms with Gasteiger partial charge in [0.15, 0.2) is 5.11 Å². The van der Waals surface area contributed by atoms with Crippen LogP contribution in [0.15, 0.2) is 71.9 Å². The number of aromatic nitrogens is 3. The van der Waals surface area contributed by atoms with Gasteiger partial charge in [-0.3, -0.25) is 4.72 Å². The molecule has 2 aliphatic heterocycles. The van der Waals surface area contributed by atoms with Crippen molar-refractivity contribution in [2.75, 3.05) is 72.3 Å². The molecule has 3 aromatic carbocycles. The normalized spacial score (nSPS) is 15.8. The zero-order chi connectivity index (χ0) is 31.8. The smallest absolute Gasteiger partial charge is 0.261 e. The number of nitrogens with zero attached hydrogens (tertiary/aromatic N) is 5. The summed E-state index contributed by atoms with van der Waals surface area (Å²) in [4.78, 5) is 19.5. The molecule has 46 heavy (non-hydrogen) atoms. The fourth-order valence-corrected chi connectivity index (χ4v) is 7.65. The lowest BCUT2D eigenvalue weighted by atomic mass is 10.1. The number of fused-ring (bicyclic) bond motifs is 3. The summed E-state index contributed by atoms with van der Waals surface area (Å²) in [7, 11) is -3.72. The van der Waals surface area contributed by atoms with Gasteiger partial charge in [-0.15, -0.1) is 0 Å². The molecule has 0 atom stereocenters. The SMILES string of the molecule is Cc1ccccc1NS(=O)(=O)c1ccc(NC(=S)N2CCN(c3ncnc4[nH]c5cc(Cl)c(N6CCOCC6)cc5c34)CC2)cc1. The van der Waals surface area contributed by atoms with E-state index >= 15 is 0 Å². The quantitative estimate of drug-likeness (QED) is 0.206. The topological polar surface area (TPSA) is 119 Å². The molecule has 7 rings (SSSR count). The van der Waals surface area contributed by atoms with E-state index in [-0.39, 0.29) is 4.90 Å². The van der Waals surface area contributed by atoms with Crippen molar-refractivity contribution < 1.29 is 13.2 Å². The molecule has 0 aliphatic carbocycles. The highest BCUT2D eigenvalue weighted by Crippen LogP contribution is 2.38. The largest absolute Gasteiger partial charge is 0.378 e. The predicted molar refractivity (Wildman–Crippen MR) is 188 cm³/mol. The van der Waals surface area contributed by atoms with Gasteiger partial charge in [-0.2, -0.15) is 0 Å². The van der Waals surface area contributed by atoms with Crippen LogP contribution < -0.4 is 19.8 Å². The van der Waals surface area contributed by atoms with E-state index in [4.69, 9.17) is 33.5 Å².